The van der Waals surface area contributed by atoms with Gasteiger partial charge in [-0.15, -0.1) is 0 Å². The van der Waals surface area contributed by atoms with E-state index in [1.165, 1.54) is 12.4 Å². The molecule has 0 bridgehead atoms. The Balaban J connectivity index is 1.61. The number of carbonyl (C=O) groups excluding carboxylic acids is 2. The van der Waals surface area contributed by atoms with Gasteiger partial charge in [-0.2, -0.15) is 0 Å². The standard InChI is InChI=1S/C25H26N4O2/c1-28(2)24(31)25(11-14-29(18-25)23(30)22-17-26-12-13-27-22)16-19-7-6-10-21(15-19)20-8-4-3-5-9-20/h3-10,12-13,15,17H,11,14,16,18H2,1-2H3. The maximum atomic E-state index is 13.3. The van der Waals surface area contributed by atoms with Crippen LogP contribution in [0.4, 0.5) is 0 Å². The zero-order valence-corrected chi connectivity index (χ0v) is 17.9. The minimum absolute atomic E-state index is 0.0482. The molecule has 31 heavy (non-hydrogen) atoms. The van der Waals surface area contributed by atoms with Crippen molar-refractivity contribution in [2.75, 3.05) is 27.2 Å². The molecule has 1 aliphatic heterocycles. The van der Waals surface area contributed by atoms with Crippen molar-refractivity contribution in [2.45, 2.75) is 12.8 Å². The highest BCUT2D eigenvalue weighted by atomic mass is 16.2. The summed E-state index contributed by atoms with van der Waals surface area (Å²) in [5.41, 5.74) is 3.00. The molecule has 3 aromatic rings. The molecule has 2 amide bonds. The van der Waals surface area contributed by atoms with Crippen LogP contribution in [-0.2, 0) is 11.2 Å². The Morgan fingerprint density at radius 3 is 2.52 bits per heavy atom. The first kappa shape index (κ1) is 20.7. The highest BCUT2D eigenvalue weighted by Crippen LogP contribution is 2.37. The third kappa shape index (κ3) is 4.33. The van der Waals surface area contributed by atoms with E-state index < -0.39 is 5.41 Å². The Hall–Kier alpha value is -3.54. The third-order valence-corrected chi connectivity index (χ3v) is 5.86. The minimum atomic E-state index is -0.656. The summed E-state index contributed by atoms with van der Waals surface area (Å²) in [4.78, 5) is 37.7. The topological polar surface area (TPSA) is 66.4 Å². The van der Waals surface area contributed by atoms with Crippen LogP contribution in [0.1, 0.15) is 22.5 Å². The summed E-state index contributed by atoms with van der Waals surface area (Å²) in [5, 5.41) is 0. The van der Waals surface area contributed by atoms with E-state index in [0.29, 0.717) is 31.6 Å². The monoisotopic (exact) mass is 414 g/mol. The van der Waals surface area contributed by atoms with E-state index in [-0.39, 0.29) is 11.8 Å². The lowest BCUT2D eigenvalue weighted by Crippen LogP contribution is -2.44. The second-order valence-electron chi connectivity index (χ2n) is 8.29. The molecule has 0 N–H and O–H groups in total. The van der Waals surface area contributed by atoms with E-state index in [1.807, 2.05) is 24.3 Å². The molecule has 0 radical (unpaired) electrons. The highest BCUT2D eigenvalue weighted by Gasteiger charge is 2.47. The van der Waals surface area contributed by atoms with E-state index in [4.69, 9.17) is 0 Å². The van der Waals surface area contributed by atoms with Gasteiger partial charge in [-0.25, -0.2) is 4.98 Å². The lowest BCUT2D eigenvalue weighted by molar-refractivity contribution is -0.138. The Morgan fingerprint density at radius 1 is 1.03 bits per heavy atom. The normalized spacial score (nSPS) is 18.1. The quantitative estimate of drug-likeness (QED) is 0.643. The average molecular weight is 415 g/mol. The van der Waals surface area contributed by atoms with Crippen LogP contribution in [0, 0.1) is 5.41 Å². The van der Waals surface area contributed by atoms with E-state index in [1.54, 1.807) is 30.1 Å². The maximum Gasteiger partial charge on any atom is 0.274 e. The predicted octanol–water partition coefficient (Wildman–Crippen LogP) is 3.31. The predicted molar refractivity (Wildman–Crippen MR) is 119 cm³/mol. The van der Waals surface area contributed by atoms with Gasteiger partial charge in [-0.1, -0.05) is 54.6 Å². The molecule has 158 valence electrons. The molecule has 2 heterocycles. The van der Waals surface area contributed by atoms with E-state index in [0.717, 1.165) is 16.7 Å². The molecule has 1 fully saturated rings. The summed E-state index contributed by atoms with van der Waals surface area (Å²) in [6, 6.07) is 18.5. The second kappa shape index (κ2) is 8.68. The summed E-state index contributed by atoms with van der Waals surface area (Å²) < 4.78 is 0. The number of nitrogens with zero attached hydrogens (tertiary/aromatic N) is 4. The number of rotatable bonds is 5. The minimum Gasteiger partial charge on any atom is -0.348 e. The molecule has 1 unspecified atom stereocenters. The molecule has 0 saturated carbocycles. The molecule has 1 aliphatic rings. The Labute approximate surface area is 182 Å². The summed E-state index contributed by atoms with van der Waals surface area (Å²) in [6.07, 6.45) is 5.72. The zero-order chi connectivity index (χ0) is 21.8. The first-order valence-electron chi connectivity index (χ1n) is 10.4. The van der Waals surface area contributed by atoms with Gasteiger partial charge in [-0.05, 0) is 29.5 Å². The lowest BCUT2D eigenvalue weighted by atomic mass is 9.79. The average Bonchev–Trinajstić information content (AvgIpc) is 3.24. The fourth-order valence-corrected chi connectivity index (χ4v) is 4.37. The summed E-state index contributed by atoms with van der Waals surface area (Å²) in [6.45, 7) is 0.891. The first-order valence-corrected chi connectivity index (χ1v) is 10.4. The van der Waals surface area contributed by atoms with Crippen molar-refractivity contribution in [3.63, 3.8) is 0 Å². The van der Waals surface area contributed by atoms with Crippen LogP contribution in [-0.4, -0.2) is 58.8 Å². The first-order chi connectivity index (χ1) is 15.0. The number of benzene rings is 2. The van der Waals surface area contributed by atoms with Gasteiger partial charge in [0, 0.05) is 39.6 Å². The molecule has 6 heteroatoms. The van der Waals surface area contributed by atoms with E-state index in [2.05, 4.69) is 40.3 Å². The van der Waals surface area contributed by atoms with Crippen LogP contribution < -0.4 is 0 Å². The molecule has 0 aliphatic carbocycles. The largest absolute Gasteiger partial charge is 0.348 e. The molecular formula is C25H26N4O2. The summed E-state index contributed by atoms with van der Waals surface area (Å²) in [7, 11) is 3.55. The number of carbonyl (C=O) groups is 2. The van der Waals surface area contributed by atoms with Gasteiger partial charge in [0.1, 0.15) is 5.69 Å². The third-order valence-electron chi connectivity index (χ3n) is 5.86. The van der Waals surface area contributed by atoms with Crippen molar-refractivity contribution in [3.8, 4) is 11.1 Å². The van der Waals surface area contributed by atoms with Crippen LogP contribution >= 0.6 is 0 Å². The Morgan fingerprint density at radius 2 is 1.81 bits per heavy atom. The van der Waals surface area contributed by atoms with Crippen molar-refractivity contribution >= 4 is 11.8 Å². The maximum absolute atomic E-state index is 13.3. The fraction of sp³-hybridized carbons (Fsp3) is 0.280. The number of hydrogen-bond donors (Lipinski definition) is 0. The van der Waals surface area contributed by atoms with Gasteiger partial charge in [0.05, 0.1) is 11.6 Å². The van der Waals surface area contributed by atoms with Crippen LogP contribution in [0.25, 0.3) is 11.1 Å². The number of amides is 2. The molecule has 4 rings (SSSR count). The highest BCUT2D eigenvalue weighted by molar-refractivity contribution is 5.93. The van der Waals surface area contributed by atoms with E-state index >= 15 is 0 Å². The Kier molecular flexibility index (Phi) is 5.80. The molecule has 6 nitrogen and oxygen atoms in total. The summed E-state index contributed by atoms with van der Waals surface area (Å²) in [5.74, 6) is -0.133. The van der Waals surface area contributed by atoms with Crippen LogP contribution in [0.2, 0.25) is 0 Å². The molecule has 1 saturated heterocycles. The van der Waals surface area contributed by atoms with Gasteiger partial charge < -0.3 is 9.80 Å². The van der Waals surface area contributed by atoms with Crippen molar-refractivity contribution in [1.29, 1.82) is 0 Å². The Bertz CT molecular complexity index is 1070. The fourth-order valence-electron chi connectivity index (χ4n) is 4.37. The van der Waals surface area contributed by atoms with Crippen molar-refractivity contribution < 1.29 is 9.59 Å². The molecule has 1 atom stereocenters. The number of hydrogen-bond acceptors (Lipinski definition) is 4. The molecule has 0 spiro atoms. The second-order valence-corrected chi connectivity index (χ2v) is 8.29. The lowest BCUT2D eigenvalue weighted by Gasteiger charge is -2.31. The van der Waals surface area contributed by atoms with Crippen LogP contribution in [0.3, 0.4) is 0 Å². The molecule has 2 aromatic carbocycles. The van der Waals surface area contributed by atoms with Crippen molar-refractivity contribution in [2.24, 2.45) is 5.41 Å². The van der Waals surface area contributed by atoms with Gasteiger partial charge in [0.25, 0.3) is 5.91 Å². The molecule has 1 aromatic heterocycles. The van der Waals surface area contributed by atoms with Gasteiger partial charge >= 0.3 is 0 Å². The van der Waals surface area contributed by atoms with Crippen molar-refractivity contribution in [3.05, 3.63) is 84.4 Å². The number of likely N-dealkylation sites (tertiary alicyclic amines) is 1. The van der Waals surface area contributed by atoms with Crippen LogP contribution in [0.15, 0.2) is 73.2 Å². The van der Waals surface area contributed by atoms with Gasteiger partial charge in [0.2, 0.25) is 5.91 Å². The smallest absolute Gasteiger partial charge is 0.274 e. The zero-order valence-electron chi connectivity index (χ0n) is 17.9. The SMILES string of the molecule is CN(C)C(=O)C1(Cc2cccc(-c3ccccc3)c2)CCN(C(=O)c2cnccn2)C1. The molecular weight excluding hydrogens is 388 g/mol. The number of aromatic nitrogens is 2. The van der Waals surface area contributed by atoms with Gasteiger partial charge in [0.15, 0.2) is 0 Å². The summed E-state index contributed by atoms with van der Waals surface area (Å²) >= 11 is 0. The van der Waals surface area contributed by atoms with Crippen molar-refractivity contribution in [1.82, 2.24) is 19.8 Å². The van der Waals surface area contributed by atoms with Crippen LogP contribution in [0.5, 0.6) is 0 Å². The van der Waals surface area contributed by atoms with E-state index in [9.17, 15) is 9.59 Å². The van der Waals surface area contributed by atoms with Gasteiger partial charge in [-0.3, -0.25) is 14.6 Å².